The van der Waals surface area contributed by atoms with Crippen LogP contribution < -0.4 is 16.6 Å². The molecule has 1 aliphatic rings. The first-order chi connectivity index (χ1) is 17.7. The molecule has 0 bridgehead atoms. The van der Waals surface area contributed by atoms with E-state index in [9.17, 15) is 27.6 Å². The molecular formula is C23H27N5O8S. The lowest BCUT2D eigenvalue weighted by Crippen LogP contribution is -2.43. The summed E-state index contributed by atoms with van der Waals surface area (Å²) in [4.78, 5) is 55.5. The Kier molecular flexibility index (Phi) is 7.88. The van der Waals surface area contributed by atoms with Gasteiger partial charge in [0.25, 0.3) is 11.5 Å². The summed E-state index contributed by atoms with van der Waals surface area (Å²) in [5.41, 5.74) is -0.395. The second kappa shape index (κ2) is 11.1. The molecule has 1 atom stereocenters. The van der Waals surface area contributed by atoms with Gasteiger partial charge in [-0.25, -0.2) is 22.8 Å². The van der Waals surface area contributed by atoms with Crippen molar-refractivity contribution >= 4 is 32.9 Å². The van der Waals surface area contributed by atoms with Crippen molar-refractivity contribution in [3.63, 3.8) is 0 Å². The number of methoxy groups -OCH3 is 1. The lowest BCUT2D eigenvalue weighted by molar-refractivity contribution is -0.149. The maximum Gasteiger partial charge on any atom is 0.333 e. The number of rotatable bonds is 10. The van der Waals surface area contributed by atoms with E-state index in [2.05, 4.69) is 10.3 Å². The van der Waals surface area contributed by atoms with Crippen molar-refractivity contribution in [3.05, 3.63) is 63.1 Å². The van der Waals surface area contributed by atoms with Crippen LogP contribution in [-0.4, -0.2) is 76.9 Å². The highest BCUT2D eigenvalue weighted by atomic mass is 32.2. The van der Waals surface area contributed by atoms with Crippen molar-refractivity contribution in [2.45, 2.75) is 32.1 Å². The Balaban J connectivity index is 1.56. The van der Waals surface area contributed by atoms with Crippen LogP contribution in [0.1, 0.15) is 12.0 Å². The summed E-state index contributed by atoms with van der Waals surface area (Å²) in [5, 5.41) is 2.51. The lowest BCUT2D eigenvalue weighted by Gasteiger charge is -2.13. The van der Waals surface area contributed by atoms with Crippen LogP contribution in [0, 0.1) is 0 Å². The van der Waals surface area contributed by atoms with E-state index in [1.807, 2.05) is 30.3 Å². The molecule has 1 aliphatic heterocycles. The molecule has 2 aromatic heterocycles. The van der Waals surface area contributed by atoms with Crippen molar-refractivity contribution in [1.82, 2.24) is 24.0 Å². The minimum atomic E-state index is -3.18. The van der Waals surface area contributed by atoms with Gasteiger partial charge in [0, 0.05) is 19.7 Å². The zero-order chi connectivity index (χ0) is 26.6. The zero-order valence-corrected chi connectivity index (χ0v) is 21.0. The van der Waals surface area contributed by atoms with E-state index in [4.69, 9.17) is 9.47 Å². The molecule has 14 heteroatoms. The number of nitrogens with zero attached hydrogens (tertiary/aromatic N) is 4. The monoisotopic (exact) mass is 533 g/mol. The molecule has 37 heavy (non-hydrogen) atoms. The highest BCUT2D eigenvalue weighted by Crippen LogP contribution is 2.11. The van der Waals surface area contributed by atoms with Gasteiger partial charge in [0.05, 0.1) is 31.0 Å². The Labute approximate surface area is 211 Å². The van der Waals surface area contributed by atoms with Crippen LogP contribution in [0.3, 0.4) is 0 Å². The highest BCUT2D eigenvalue weighted by molar-refractivity contribution is 7.91. The number of aromatic nitrogens is 4. The molecule has 4 rings (SSSR count). The third-order valence-electron chi connectivity index (χ3n) is 5.95. The SMILES string of the molecule is COCCn1cnc2c1c(=O)n(CC(=O)OCC(=O)N[C@H]1CCS(=O)(=O)C1)c(=O)n2Cc1ccccc1. The number of sulfone groups is 1. The van der Waals surface area contributed by atoms with Crippen LogP contribution in [-0.2, 0) is 48.5 Å². The topological polar surface area (TPSA) is 161 Å². The van der Waals surface area contributed by atoms with E-state index in [0.717, 1.165) is 10.1 Å². The molecule has 0 aliphatic carbocycles. The molecule has 0 unspecified atom stereocenters. The average molecular weight is 534 g/mol. The Morgan fingerprint density at radius 1 is 1.16 bits per heavy atom. The van der Waals surface area contributed by atoms with E-state index in [1.165, 1.54) is 18.0 Å². The summed E-state index contributed by atoms with van der Waals surface area (Å²) in [6, 6.07) is 8.55. The van der Waals surface area contributed by atoms with Gasteiger partial charge in [-0.15, -0.1) is 0 Å². The van der Waals surface area contributed by atoms with Crippen molar-refractivity contribution in [2.24, 2.45) is 0 Å². The molecule has 3 heterocycles. The Morgan fingerprint density at radius 2 is 1.92 bits per heavy atom. The van der Waals surface area contributed by atoms with E-state index < -0.39 is 52.2 Å². The van der Waals surface area contributed by atoms with Gasteiger partial charge in [0.1, 0.15) is 6.54 Å². The van der Waals surface area contributed by atoms with E-state index in [0.29, 0.717) is 13.2 Å². The van der Waals surface area contributed by atoms with Crippen LogP contribution in [0.2, 0.25) is 0 Å². The van der Waals surface area contributed by atoms with E-state index in [-0.39, 0.29) is 35.6 Å². The minimum Gasteiger partial charge on any atom is -0.454 e. The number of nitrogens with one attached hydrogen (secondary N) is 1. The molecule has 1 N–H and O–H groups in total. The summed E-state index contributed by atoms with van der Waals surface area (Å²) in [5.74, 6) is -1.82. The molecule has 1 saturated heterocycles. The number of imidazole rings is 1. The number of hydrogen-bond acceptors (Lipinski definition) is 9. The number of esters is 1. The number of amides is 1. The summed E-state index contributed by atoms with van der Waals surface area (Å²) < 4.78 is 36.7. The molecule has 13 nitrogen and oxygen atoms in total. The molecule has 0 radical (unpaired) electrons. The first-order valence-electron chi connectivity index (χ1n) is 11.6. The van der Waals surface area contributed by atoms with E-state index >= 15 is 0 Å². The van der Waals surface area contributed by atoms with Gasteiger partial charge in [0.15, 0.2) is 27.6 Å². The van der Waals surface area contributed by atoms with Crippen molar-refractivity contribution in [3.8, 4) is 0 Å². The summed E-state index contributed by atoms with van der Waals surface area (Å²) in [6.07, 6.45) is 1.72. The summed E-state index contributed by atoms with van der Waals surface area (Å²) in [7, 11) is -1.67. The van der Waals surface area contributed by atoms with Crippen LogP contribution in [0.5, 0.6) is 0 Å². The minimum absolute atomic E-state index is 0.0145. The molecule has 0 saturated carbocycles. The second-order valence-corrected chi connectivity index (χ2v) is 10.9. The van der Waals surface area contributed by atoms with Gasteiger partial charge in [0.2, 0.25) is 0 Å². The fourth-order valence-electron chi connectivity index (χ4n) is 4.14. The van der Waals surface area contributed by atoms with Crippen molar-refractivity contribution in [1.29, 1.82) is 0 Å². The number of benzene rings is 1. The average Bonchev–Trinajstić information content (AvgIpc) is 3.44. The van der Waals surface area contributed by atoms with Gasteiger partial charge in [-0.05, 0) is 12.0 Å². The van der Waals surface area contributed by atoms with Gasteiger partial charge in [-0.3, -0.25) is 19.0 Å². The number of ether oxygens (including phenoxy) is 2. The summed E-state index contributed by atoms with van der Waals surface area (Å²) >= 11 is 0. The van der Waals surface area contributed by atoms with Crippen molar-refractivity contribution in [2.75, 3.05) is 31.8 Å². The largest absolute Gasteiger partial charge is 0.454 e. The number of fused-ring (bicyclic) bond motifs is 1. The van der Waals surface area contributed by atoms with Gasteiger partial charge in [-0.2, -0.15) is 0 Å². The maximum atomic E-state index is 13.3. The predicted molar refractivity (Wildman–Crippen MR) is 132 cm³/mol. The molecule has 198 valence electrons. The third-order valence-corrected chi connectivity index (χ3v) is 7.72. The number of carbonyl (C=O) groups is 2. The van der Waals surface area contributed by atoms with E-state index in [1.54, 1.807) is 4.57 Å². The molecule has 1 amide bonds. The normalized spacial score (nSPS) is 16.6. The van der Waals surface area contributed by atoms with Gasteiger partial charge < -0.3 is 19.4 Å². The van der Waals surface area contributed by atoms with Crippen LogP contribution >= 0.6 is 0 Å². The van der Waals surface area contributed by atoms with Crippen LogP contribution in [0.15, 0.2) is 46.2 Å². The Bertz CT molecular complexity index is 1520. The molecule has 1 fully saturated rings. The smallest absolute Gasteiger partial charge is 0.333 e. The van der Waals surface area contributed by atoms with Crippen molar-refractivity contribution < 1.29 is 27.5 Å². The highest BCUT2D eigenvalue weighted by Gasteiger charge is 2.29. The molecule has 0 spiro atoms. The summed E-state index contributed by atoms with van der Waals surface area (Å²) in [6.45, 7) is -0.686. The first kappa shape index (κ1) is 26.3. The number of hydrogen-bond donors (Lipinski definition) is 1. The van der Waals surface area contributed by atoms with Crippen LogP contribution in [0.25, 0.3) is 11.2 Å². The predicted octanol–water partition coefficient (Wildman–Crippen LogP) is -1.10. The lowest BCUT2D eigenvalue weighted by atomic mass is 10.2. The van der Waals surface area contributed by atoms with Crippen LogP contribution in [0.4, 0.5) is 0 Å². The molecule has 1 aromatic carbocycles. The van der Waals surface area contributed by atoms with Gasteiger partial charge >= 0.3 is 11.7 Å². The fourth-order valence-corrected chi connectivity index (χ4v) is 5.82. The third kappa shape index (κ3) is 6.14. The Hall–Kier alpha value is -3.78. The maximum absolute atomic E-state index is 13.3. The zero-order valence-electron chi connectivity index (χ0n) is 20.2. The Morgan fingerprint density at radius 3 is 2.59 bits per heavy atom. The number of carbonyl (C=O) groups excluding carboxylic acids is 2. The van der Waals surface area contributed by atoms with Gasteiger partial charge in [-0.1, -0.05) is 30.3 Å². The second-order valence-electron chi connectivity index (χ2n) is 8.68. The first-order valence-corrected chi connectivity index (χ1v) is 13.4. The fraction of sp³-hybridized carbons (Fsp3) is 0.435. The molecule has 3 aromatic rings. The standard InChI is InChI=1S/C23H27N5O8S/c1-35-9-8-26-15-24-21-20(26)22(31)28(23(32)27(21)11-16-5-3-2-4-6-16)12-19(30)36-13-18(29)25-17-7-10-37(33,34)14-17/h2-6,15,17H,7-14H2,1H3,(H,25,29)/t17-/m0/s1. The quantitative estimate of drug-likeness (QED) is 0.319. The molecular weight excluding hydrogens is 506 g/mol.